The van der Waals surface area contributed by atoms with Crippen molar-refractivity contribution in [2.75, 3.05) is 31.6 Å². The average molecular weight is 264 g/mol. The van der Waals surface area contributed by atoms with Crippen LogP contribution in [0.25, 0.3) is 0 Å². The van der Waals surface area contributed by atoms with Crippen molar-refractivity contribution in [2.24, 2.45) is 5.41 Å². The quantitative estimate of drug-likeness (QED) is 0.847. The molecule has 1 fully saturated rings. The molecule has 0 bridgehead atoms. The van der Waals surface area contributed by atoms with Gasteiger partial charge in [0.05, 0.1) is 5.69 Å². The topological polar surface area (TPSA) is 15.3 Å². The maximum absolute atomic E-state index is 13.8. The van der Waals surface area contributed by atoms with Crippen molar-refractivity contribution < 1.29 is 4.39 Å². The summed E-state index contributed by atoms with van der Waals surface area (Å²) in [5, 5.41) is 3.48. The van der Waals surface area contributed by atoms with Crippen LogP contribution in [0.4, 0.5) is 10.1 Å². The summed E-state index contributed by atoms with van der Waals surface area (Å²) in [5.41, 5.74) is 1.03. The van der Waals surface area contributed by atoms with Crippen molar-refractivity contribution >= 4 is 5.69 Å². The highest BCUT2D eigenvalue weighted by Gasteiger charge is 2.34. The summed E-state index contributed by atoms with van der Waals surface area (Å²) in [7, 11) is 2.00. The second kappa shape index (κ2) is 6.38. The summed E-state index contributed by atoms with van der Waals surface area (Å²) in [6.45, 7) is 5.12. The minimum atomic E-state index is -0.124. The van der Waals surface area contributed by atoms with Crippen LogP contribution >= 0.6 is 0 Å². The number of para-hydroxylation sites is 1. The number of hydrogen-bond acceptors (Lipinski definition) is 2. The molecule has 0 saturated heterocycles. The molecule has 0 radical (unpaired) electrons. The van der Waals surface area contributed by atoms with Gasteiger partial charge in [0.15, 0.2) is 0 Å². The van der Waals surface area contributed by atoms with E-state index < -0.39 is 0 Å². The number of hydrogen-bond donors (Lipinski definition) is 1. The Labute approximate surface area is 116 Å². The molecule has 0 unspecified atom stereocenters. The van der Waals surface area contributed by atoms with Crippen molar-refractivity contribution in [1.82, 2.24) is 5.32 Å². The Morgan fingerprint density at radius 3 is 2.58 bits per heavy atom. The van der Waals surface area contributed by atoms with Crippen LogP contribution < -0.4 is 10.2 Å². The van der Waals surface area contributed by atoms with E-state index in [0.29, 0.717) is 11.1 Å². The number of nitrogens with one attached hydrogen (secondary N) is 1. The fourth-order valence-electron chi connectivity index (χ4n) is 3.26. The summed E-state index contributed by atoms with van der Waals surface area (Å²) in [4.78, 5) is 2.08. The molecule has 0 aromatic heterocycles. The molecule has 2 nitrogen and oxygen atoms in total. The molecule has 0 aliphatic heterocycles. The Kier molecular flexibility index (Phi) is 4.81. The molecule has 0 atom stereocenters. The summed E-state index contributed by atoms with van der Waals surface area (Å²) in [6, 6.07) is 7.06. The van der Waals surface area contributed by atoms with Crippen LogP contribution in [0.2, 0.25) is 0 Å². The zero-order valence-corrected chi connectivity index (χ0v) is 12.1. The molecule has 1 N–H and O–H groups in total. The third-order valence-corrected chi connectivity index (χ3v) is 4.25. The number of halogens is 1. The SMILES string of the molecule is CCNCC1(CN(C)c2ccccc2F)CCCC1. The van der Waals surface area contributed by atoms with Crippen LogP contribution in [-0.4, -0.2) is 26.7 Å². The highest BCUT2D eigenvalue weighted by atomic mass is 19.1. The molecule has 3 heteroatoms. The van der Waals surface area contributed by atoms with Gasteiger partial charge in [-0.15, -0.1) is 0 Å². The molecule has 1 saturated carbocycles. The van der Waals surface area contributed by atoms with Crippen LogP contribution in [0.5, 0.6) is 0 Å². The molecular formula is C16H25FN2. The molecule has 0 amide bonds. The average Bonchev–Trinajstić information content (AvgIpc) is 2.86. The van der Waals surface area contributed by atoms with Gasteiger partial charge >= 0.3 is 0 Å². The van der Waals surface area contributed by atoms with E-state index in [-0.39, 0.29) is 5.82 Å². The maximum atomic E-state index is 13.8. The van der Waals surface area contributed by atoms with Crippen molar-refractivity contribution in [3.8, 4) is 0 Å². The van der Waals surface area contributed by atoms with Crippen molar-refractivity contribution in [1.29, 1.82) is 0 Å². The highest BCUT2D eigenvalue weighted by molar-refractivity contribution is 5.47. The third-order valence-electron chi connectivity index (χ3n) is 4.25. The molecule has 1 aliphatic rings. The van der Waals surface area contributed by atoms with Gasteiger partial charge in [0.25, 0.3) is 0 Å². The first-order valence-electron chi connectivity index (χ1n) is 7.33. The van der Waals surface area contributed by atoms with Gasteiger partial charge in [0, 0.05) is 25.6 Å². The molecular weight excluding hydrogens is 239 g/mol. The summed E-state index contributed by atoms with van der Waals surface area (Å²) >= 11 is 0. The van der Waals surface area contributed by atoms with Gasteiger partial charge in [-0.25, -0.2) is 4.39 Å². The number of rotatable bonds is 6. The van der Waals surface area contributed by atoms with E-state index in [1.165, 1.54) is 31.7 Å². The molecule has 1 aromatic carbocycles. The van der Waals surface area contributed by atoms with Crippen LogP contribution in [0, 0.1) is 11.2 Å². The fourth-order valence-corrected chi connectivity index (χ4v) is 3.26. The van der Waals surface area contributed by atoms with E-state index in [1.807, 2.05) is 19.2 Å². The zero-order valence-electron chi connectivity index (χ0n) is 12.1. The third kappa shape index (κ3) is 3.47. The lowest BCUT2D eigenvalue weighted by Gasteiger charge is -2.35. The lowest BCUT2D eigenvalue weighted by Crippen LogP contribution is -2.41. The first kappa shape index (κ1) is 14.3. The molecule has 106 valence electrons. The predicted octanol–water partition coefficient (Wildman–Crippen LogP) is 3.43. The van der Waals surface area contributed by atoms with Gasteiger partial charge in [0.2, 0.25) is 0 Å². The van der Waals surface area contributed by atoms with Crippen LogP contribution in [0.3, 0.4) is 0 Å². The van der Waals surface area contributed by atoms with E-state index in [0.717, 1.165) is 19.6 Å². The van der Waals surface area contributed by atoms with Crippen molar-refractivity contribution in [2.45, 2.75) is 32.6 Å². The lowest BCUT2D eigenvalue weighted by molar-refractivity contribution is 0.288. The molecule has 2 rings (SSSR count). The standard InChI is InChI=1S/C16H25FN2/c1-3-18-12-16(10-6-7-11-16)13-19(2)15-9-5-4-8-14(15)17/h4-5,8-9,18H,3,6-7,10-13H2,1-2H3. The largest absolute Gasteiger partial charge is 0.372 e. The lowest BCUT2D eigenvalue weighted by atomic mass is 9.85. The van der Waals surface area contributed by atoms with Crippen LogP contribution in [0.15, 0.2) is 24.3 Å². The van der Waals surface area contributed by atoms with Crippen LogP contribution in [-0.2, 0) is 0 Å². The Morgan fingerprint density at radius 2 is 1.95 bits per heavy atom. The van der Waals surface area contributed by atoms with Gasteiger partial charge in [-0.3, -0.25) is 0 Å². The summed E-state index contributed by atoms with van der Waals surface area (Å²) in [6.07, 6.45) is 5.10. The van der Waals surface area contributed by atoms with E-state index in [9.17, 15) is 4.39 Å². The minimum Gasteiger partial charge on any atom is -0.372 e. The van der Waals surface area contributed by atoms with E-state index >= 15 is 0 Å². The Hall–Kier alpha value is -1.09. The first-order chi connectivity index (χ1) is 9.17. The van der Waals surface area contributed by atoms with Crippen molar-refractivity contribution in [3.63, 3.8) is 0 Å². The van der Waals surface area contributed by atoms with E-state index in [1.54, 1.807) is 6.07 Å². The van der Waals surface area contributed by atoms with Gasteiger partial charge < -0.3 is 10.2 Å². The van der Waals surface area contributed by atoms with Crippen LogP contribution in [0.1, 0.15) is 32.6 Å². The first-order valence-corrected chi connectivity index (χ1v) is 7.33. The Morgan fingerprint density at radius 1 is 1.26 bits per heavy atom. The molecule has 0 heterocycles. The fraction of sp³-hybridized carbons (Fsp3) is 0.625. The normalized spacial score (nSPS) is 17.6. The minimum absolute atomic E-state index is 0.124. The number of nitrogens with zero attached hydrogens (tertiary/aromatic N) is 1. The zero-order chi connectivity index (χ0) is 13.7. The second-order valence-electron chi connectivity index (χ2n) is 5.79. The molecule has 1 aliphatic carbocycles. The van der Waals surface area contributed by atoms with E-state index in [2.05, 4.69) is 17.1 Å². The number of anilines is 1. The predicted molar refractivity (Wildman–Crippen MR) is 79.1 cm³/mol. The highest BCUT2D eigenvalue weighted by Crippen LogP contribution is 2.39. The van der Waals surface area contributed by atoms with Gasteiger partial charge in [-0.05, 0) is 31.5 Å². The van der Waals surface area contributed by atoms with Crippen molar-refractivity contribution in [3.05, 3.63) is 30.1 Å². The second-order valence-corrected chi connectivity index (χ2v) is 5.79. The molecule has 19 heavy (non-hydrogen) atoms. The molecule has 0 spiro atoms. The molecule has 1 aromatic rings. The van der Waals surface area contributed by atoms with E-state index in [4.69, 9.17) is 0 Å². The number of benzene rings is 1. The van der Waals surface area contributed by atoms with Gasteiger partial charge in [-0.2, -0.15) is 0 Å². The summed E-state index contributed by atoms with van der Waals surface area (Å²) < 4.78 is 13.8. The summed E-state index contributed by atoms with van der Waals surface area (Å²) in [5.74, 6) is -0.124. The monoisotopic (exact) mass is 264 g/mol. The van der Waals surface area contributed by atoms with Gasteiger partial charge in [0.1, 0.15) is 5.82 Å². The Bertz CT molecular complexity index is 399. The van der Waals surface area contributed by atoms with Gasteiger partial charge in [-0.1, -0.05) is 31.9 Å². The maximum Gasteiger partial charge on any atom is 0.146 e. The smallest absolute Gasteiger partial charge is 0.146 e. The Balaban J connectivity index is 2.07.